The van der Waals surface area contributed by atoms with E-state index in [1.54, 1.807) is 0 Å². The fraction of sp³-hybridized carbons (Fsp3) is 0.125. The molecule has 0 aliphatic carbocycles. The van der Waals surface area contributed by atoms with Crippen LogP contribution in [-0.4, -0.2) is 34.0 Å². The first-order valence-electron chi connectivity index (χ1n) is 6.94. The van der Waals surface area contributed by atoms with E-state index in [9.17, 15) is 14.4 Å². The van der Waals surface area contributed by atoms with Gasteiger partial charge in [-0.05, 0) is 37.3 Å². The summed E-state index contributed by atoms with van der Waals surface area (Å²) >= 11 is 11.6. The molecule has 0 saturated carbocycles. The van der Waals surface area contributed by atoms with Crippen molar-refractivity contribution >= 4 is 46.7 Å². The number of carboxylic acids is 1. The predicted octanol–water partition coefficient (Wildman–Crippen LogP) is 3.27. The number of aromatic carboxylic acids is 1. The Labute approximate surface area is 152 Å². The number of aromatic nitrogens is 1. The number of carbonyl (C=O) groups excluding carboxylic acids is 2. The second-order valence-corrected chi connectivity index (χ2v) is 5.64. The third-order valence-electron chi connectivity index (χ3n) is 3.10. The van der Waals surface area contributed by atoms with Crippen molar-refractivity contribution in [1.82, 2.24) is 4.98 Å². The SMILES string of the molecule is CC(OC(=O)c1cccnc1Cl)C(=O)Nc1ccc(Cl)c(C(=O)O)c1. The minimum Gasteiger partial charge on any atom is -0.478 e. The van der Waals surface area contributed by atoms with Gasteiger partial charge in [-0.15, -0.1) is 0 Å². The minimum absolute atomic E-state index is 0.0310. The molecular formula is C16H12Cl2N2O5. The number of anilines is 1. The van der Waals surface area contributed by atoms with Crippen LogP contribution in [0.4, 0.5) is 5.69 Å². The van der Waals surface area contributed by atoms with E-state index in [1.165, 1.54) is 43.5 Å². The number of carbonyl (C=O) groups is 3. The van der Waals surface area contributed by atoms with E-state index in [-0.39, 0.29) is 27.0 Å². The number of rotatable bonds is 5. The smallest absolute Gasteiger partial charge is 0.342 e. The molecule has 0 radical (unpaired) electrons. The maximum Gasteiger partial charge on any atom is 0.342 e. The molecule has 1 heterocycles. The summed E-state index contributed by atoms with van der Waals surface area (Å²) in [7, 11) is 0. The number of nitrogens with zero attached hydrogens (tertiary/aromatic N) is 1. The average molecular weight is 383 g/mol. The summed E-state index contributed by atoms with van der Waals surface area (Å²) in [4.78, 5) is 38.9. The highest BCUT2D eigenvalue weighted by molar-refractivity contribution is 6.33. The van der Waals surface area contributed by atoms with Gasteiger partial charge in [0.15, 0.2) is 6.10 Å². The number of carboxylic acid groups (broad SMARTS) is 1. The number of benzene rings is 1. The lowest BCUT2D eigenvalue weighted by molar-refractivity contribution is -0.123. The Hall–Kier alpha value is -2.64. The molecule has 9 heteroatoms. The third-order valence-corrected chi connectivity index (χ3v) is 3.73. The Kier molecular flexibility index (Phi) is 5.95. The summed E-state index contributed by atoms with van der Waals surface area (Å²) in [6, 6.07) is 6.90. The maximum absolute atomic E-state index is 12.1. The van der Waals surface area contributed by atoms with Crippen molar-refractivity contribution in [2.24, 2.45) is 0 Å². The van der Waals surface area contributed by atoms with Crippen LogP contribution in [-0.2, 0) is 9.53 Å². The Balaban J connectivity index is 2.06. The lowest BCUT2D eigenvalue weighted by Gasteiger charge is -2.14. The minimum atomic E-state index is -1.23. The molecule has 0 aliphatic heterocycles. The number of hydrogen-bond donors (Lipinski definition) is 2. The Morgan fingerprint density at radius 3 is 2.56 bits per heavy atom. The number of nitrogens with one attached hydrogen (secondary N) is 1. The standard InChI is InChI=1S/C16H12Cl2N2O5/c1-8(25-16(24)10-3-2-6-19-13(10)18)14(21)20-9-4-5-12(17)11(7-9)15(22)23/h2-8H,1H3,(H,20,21)(H,22,23). The van der Waals surface area contributed by atoms with Crippen molar-refractivity contribution in [2.45, 2.75) is 13.0 Å². The van der Waals surface area contributed by atoms with Crippen molar-refractivity contribution in [3.8, 4) is 0 Å². The van der Waals surface area contributed by atoms with Crippen LogP contribution in [0.3, 0.4) is 0 Å². The monoisotopic (exact) mass is 382 g/mol. The molecule has 1 aromatic heterocycles. The highest BCUT2D eigenvalue weighted by Crippen LogP contribution is 2.21. The zero-order chi connectivity index (χ0) is 18.6. The largest absolute Gasteiger partial charge is 0.478 e. The van der Waals surface area contributed by atoms with Crippen molar-refractivity contribution in [2.75, 3.05) is 5.32 Å². The molecule has 0 saturated heterocycles. The number of halogens is 2. The van der Waals surface area contributed by atoms with Crippen LogP contribution in [0.25, 0.3) is 0 Å². The number of ether oxygens (including phenoxy) is 1. The van der Waals surface area contributed by atoms with Crippen LogP contribution in [0.1, 0.15) is 27.6 Å². The molecule has 0 bridgehead atoms. The van der Waals surface area contributed by atoms with Crippen LogP contribution < -0.4 is 5.32 Å². The molecule has 7 nitrogen and oxygen atoms in total. The third kappa shape index (κ3) is 4.68. The first-order chi connectivity index (χ1) is 11.8. The molecular weight excluding hydrogens is 371 g/mol. The van der Waals surface area contributed by atoms with E-state index in [0.717, 1.165) is 0 Å². The summed E-state index contributed by atoms with van der Waals surface area (Å²) in [5.74, 6) is -2.68. The van der Waals surface area contributed by atoms with E-state index in [4.69, 9.17) is 33.0 Å². The Morgan fingerprint density at radius 2 is 1.92 bits per heavy atom. The van der Waals surface area contributed by atoms with Gasteiger partial charge in [-0.25, -0.2) is 14.6 Å². The van der Waals surface area contributed by atoms with Gasteiger partial charge in [0.05, 0.1) is 16.1 Å². The normalized spacial score (nSPS) is 11.5. The van der Waals surface area contributed by atoms with Gasteiger partial charge in [0.1, 0.15) is 5.15 Å². The summed E-state index contributed by atoms with van der Waals surface area (Å²) in [6.45, 7) is 1.37. The van der Waals surface area contributed by atoms with Gasteiger partial charge in [0.25, 0.3) is 5.91 Å². The number of amides is 1. The first kappa shape index (κ1) is 18.7. The fourth-order valence-corrected chi connectivity index (χ4v) is 2.22. The van der Waals surface area contributed by atoms with Gasteiger partial charge in [0, 0.05) is 11.9 Å². The van der Waals surface area contributed by atoms with E-state index in [1.807, 2.05) is 0 Å². The summed E-state index contributed by atoms with van der Waals surface area (Å²) in [5, 5.41) is 11.5. The van der Waals surface area contributed by atoms with Crippen LogP contribution in [0.5, 0.6) is 0 Å². The molecule has 1 amide bonds. The predicted molar refractivity (Wildman–Crippen MR) is 91.2 cm³/mol. The quantitative estimate of drug-likeness (QED) is 0.607. The summed E-state index contributed by atoms with van der Waals surface area (Å²) in [5.41, 5.74) is 0.0730. The van der Waals surface area contributed by atoms with Crippen molar-refractivity contribution < 1.29 is 24.2 Å². The van der Waals surface area contributed by atoms with E-state index < -0.39 is 23.9 Å². The molecule has 1 aromatic carbocycles. The lowest BCUT2D eigenvalue weighted by atomic mass is 10.2. The van der Waals surface area contributed by atoms with Crippen LogP contribution in [0.2, 0.25) is 10.2 Å². The van der Waals surface area contributed by atoms with E-state index in [2.05, 4.69) is 10.3 Å². The topological polar surface area (TPSA) is 106 Å². The summed E-state index contributed by atoms with van der Waals surface area (Å²) in [6.07, 6.45) is 0.267. The van der Waals surface area contributed by atoms with Crippen LogP contribution >= 0.6 is 23.2 Å². The number of esters is 1. The van der Waals surface area contributed by atoms with E-state index >= 15 is 0 Å². The zero-order valence-corrected chi connectivity index (χ0v) is 14.3. The number of pyridine rings is 1. The summed E-state index contributed by atoms with van der Waals surface area (Å²) < 4.78 is 5.03. The molecule has 1 atom stereocenters. The van der Waals surface area contributed by atoms with Gasteiger partial charge >= 0.3 is 11.9 Å². The highest BCUT2D eigenvalue weighted by Gasteiger charge is 2.21. The molecule has 1 unspecified atom stereocenters. The molecule has 25 heavy (non-hydrogen) atoms. The zero-order valence-electron chi connectivity index (χ0n) is 12.8. The van der Waals surface area contributed by atoms with Gasteiger partial charge in [-0.1, -0.05) is 23.2 Å². The fourth-order valence-electron chi connectivity index (χ4n) is 1.83. The maximum atomic E-state index is 12.1. The van der Waals surface area contributed by atoms with Crippen molar-refractivity contribution in [3.05, 3.63) is 57.8 Å². The average Bonchev–Trinajstić information content (AvgIpc) is 2.56. The highest BCUT2D eigenvalue weighted by atomic mass is 35.5. The first-order valence-corrected chi connectivity index (χ1v) is 7.70. The van der Waals surface area contributed by atoms with Crippen LogP contribution in [0.15, 0.2) is 36.5 Å². The molecule has 2 N–H and O–H groups in total. The van der Waals surface area contributed by atoms with Crippen molar-refractivity contribution in [3.63, 3.8) is 0 Å². The Morgan fingerprint density at radius 1 is 1.20 bits per heavy atom. The van der Waals surface area contributed by atoms with Gasteiger partial charge in [-0.2, -0.15) is 0 Å². The Bertz CT molecular complexity index is 841. The molecule has 2 rings (SSSR count). The second kappa shape index (κ2) is 7.96. The number of hydrogen-bond acceptors (Lipinski definition) is 5. The second-order valence-electron chi connectivity index (χ2n) is 4.88. The lowest BCUT2D eigenvalue weighted by Crippen LogP contribution is -2.30. The van der Waals surface area contributed by atoms with Crippen molar-refractivity contribution in [1.29, 1.82) is 0 Å². The molecule has 0 aliphatic rings. The van der Waals surface area contributed by atoms with E-state index in [0.29, 0.717) is 0 Å². The molecule has 2 aromatic rings. The van der Waals surface area contributed by atoms with Gasteiger partial charge in [0.2, 0.25) is 0 Å². The molecule has 0 fully saturated rings. The van der Waals surface area contributed by atoms with Crippen LogP contribution in [0, 0.1) is 0 Å². The molecule has 0 spiro atoms. The van der Waals surface area contributed by atoms with Gasteiger partial charge in [-0.3, -0.25) is 4.79 Å². The van der Waals surface area contributed by atoms with Gasteiger partial charge < -0.3 is 15.2 Å². The molecule has 130 valence electrons.